The van der Waals surface area contributed by atoms with Gasteiger partial charge in [0.1, 0.15) is 17.1 Å². The number of nitrogens with one attached hydrogen (secondary N) is 2. The number of anilines is 4. The first kappa shape index (κ1) is 24.4. The molecular formula is C25H29F3N4O. The Kier molecular flexibility index (Phi) is 8.52. The van der Waals surface area contributed by atoms with Crippen molar-refractivity contribution in [3.8, 4) is 5.75 Å². The zero-order valence-electron chi connectivity index (χ0n) is 18.9. The fraction of sp³-hybridized carbons (Fsp3) is 0.360. The summed E-state index contributed by atoms with van der Waals surface area (Å²) in [6.45, 7) is 4.80. The topological polar surface area (TPSA) is 59.1 Å². The third-order valence-electron chi connectivity index (χ3n) is 5.07. The van der Waals surface area contributed by atoms with Crippen molar-refractivity contribution in [3.05, 3.63) is 65.9 Å². The molecule has 0 aliphatic carbocycles. The Morgan fingerprint density at radius 2 is 1.70 bits per heavy atom. The van der Waals surface area contributed by atoms with Gasteiger partial charge in [0.2, 0.25) is 5.95 Å². The normalized spacial score (nSPS) is 11.3. The smallest absolute Gasteiger partial charge is 0.421 e. The summed E-state index contributed by atoms with van der Waals surface area (Å²) in [6.07, 6.45) is 1.49. The van der Waals surface area contributed by atoms with Crippen LogP contribution in [0, 0.1) is 0 Å². The molecule has 0 aliphatic heterocycles. The molecule has 0 aliphatic rings. The number of halogens is 3. The van der Waals surface area contributed by atoms with Crippen LogP contribution < -0.4 is 15.4 Å². The van der Waals surface area contributed by atoms with E-state index >= 15 is 0 Å². The van der Waals surface area contributed by atoms with E-state index in [1.807, 2.05) is 25.1 Å². The van der Waals surface area contributed by atoms with Crippen LogP contribution in [-0.4, -0.2) is 16.6 Å². The Balaban J connectivity index is 1.72. The number of benzene rings is 2. The summed E-state index contributed by atoms with van der Waals surface area (Å²) in [6, 6.07) is 14.4. The maximum absolute atomic E-state index is 13.5. The molecule has 2 N–H and O–H groups in total. The van der Waals surface area contributed by atoms with Crippen LogP contribution in [0.2, 0.25) is 0 Å². The average molecular weight is 459 g/mol. The molecule has 0 amide bonds. The first-order valence-electron chi connectivity index (χ1n) is 11.2. The molecule has 33 heavy (non-hydrogen) atoms. The van der Waals surface area contributed by atoms with E-state index in [0.717, 1.165) is 36.8 Å². The van der Waals surface area contributed by atoms with Crippen LogP contribution in [0.4, 0.5) is 36.3 Å². The number of hydrogen-bond donors (Lipinski definition) is 2. The van der Waals surface area contributed by atoms with Crippen molar-refractivity contribution in [1.29, 1.82) is 0 Å². The molecule has 2 aromatic carbocycles. The van der Waals surface area contributed by atoms with Gasteiger partial charge in [-0.2, -0.15) is 18.2 Å². The number of aryl methyl sites for hydroxylation is 1. The zero-order chi connectivity index (χ0) is 23.7. The zero-order valence-corrected chi connectivity index (χ0v) is 18.9. The highest BCUT2D eigenvalue weighted by Crippen LogP contribution is 2.35. The fourth-order valence-electron chi connectivity index (χ4n) is 3.23. The molecule has 5 nitrogen and oxygen atoms in total. The minimum atomic E-state index is -4.58. The van der Waals surface area contributed by atoms with Crippen LogP contribution in [0.1, 0.15) is 50.7 Å². The van der Waals surface area contributed by atoms with Crippen LogP contribution in [0.3, 0.4) is 0 Å². The molecular weight excluding hydrogens is 429 g/mol. The van der Waals surface area contributed by atoms with E-state index < -0.39 is 11.7 Å². The van der Waals surface area contributed by atoms with E-state index in [-0.39, 0.29) is 11.8 Å². The number of nitrogens with zero attached hydrogens (tertiary/aromatic N) is 2. The van der Waals surface area contributed by atoms with E-state index in [2.05, 4.69) is 27.5 Å². The van der Waals surface area contributed by atoms with Crippen molar-refractivity contribution in [2.24, 2.45) is 0 Å². The van der Waals surface area contributed by atoms with E-state index in [9.17, 15) is 13.2 Å². The molecule has 176 valence electrons. The highest BCUT2D eigenvalue weighted by Gasteiger charge is 2.35. The first-order chi connectivity index (χ1) is 15.9. The van der Waals surface area contributed by atoms with Gasteiger partial charge in [-0.25, -0.2) is 4.98 Å². The van der Waals surface area contributed by atoms with Crippen LogP contribution in [-0.2, 0) is 12.6 Å². The Morgan fingerprint density at radius 1 is 0.909 bits per heavy atom. The summed E-state index contributed by atoms with van der Waals surface area (Å²) >= 11 is 0. The lowest BCUT2D eigenvalue weighted by atomic mass is 10.1. The second kappa shape index (κ2) is 11.5. The molecule has 3 aromatic rings. The Bertz CT molecular complexity index is 1020. The fourth-order valence-corrected chi connectivity index (χ4v) is 3.23. The number of hydrogen-bond acceptors (Lipinski definition) is 5. The number of aromatic nitrogens is 2. The predicted molar refractivity (Wildman–Crippen MR) is 125 cm³/mol. The van der Waals surface area contributed by atoms with Gasteiger partial charge in [-0.3, -0.25) is 0 Å². The van der Waals surface area contributed by atoms with Gasteiger partial charge in [-0.15, -0.1) is 0 Å². The summed E-state index contributed by atoms with van der Waals surface area (Å²) in [4.78, 5) is 7.96. The lowest BCUT2D eigenvalue weighted by Crippen LogP contribution is -2.12. The molecule has 3 rings (SSSR count). The molecule has 0 fully saturated rings. The highest BCUT2D eigenvalue weighted by atomic mass is 19.4. The van der Waals surface area contributed by atoms with Crippen molar-refractivity contribution in [2.45, 2.75) is 52.1 Å². The van der Waals surface area contributed by atoms with E-state index in [4.69, 9.17) is 4.74 Å². The maximum atomic E-state index is 13.5. The standard InChI is InChI=1S/C25H29F3N4O/c1-3-5-6-7-15-33-21-13-11-19(12-14-21)31-24-29-17-22(25(26,27)28)23(32-24)30-20-10-8-9-18(4-2)16-20/h8-14,16-17H,3-7,15H2,1-2H3,(H2,29,30,31,32). The van der Waals surface area contributed by atoms with Crippen molar-refractivity contribution in [1.82, 2.24) is 9.97 Å². The summed E-state index contributed by atoms with van der Waals surface area (Å²) in [5, 5.41) is 5.75. The van der Waals surface area contributed by atoms with Gasteiger partial charge in [0.05, 0.1) is 6.61 Å². The summed E-state index contributed by atoms with van der Waals surface area (Å²) in [7, 11) is 0. The minimum Gasteiger partial charge on any atom is -0.494 e. The lowest BCUT2D eigenvalue weighted by molar-refractivity contribution is -0.137. The van der Waals surface area contributed by atoms with Crippen molar-refractivity contribution in [3.63, 3.8) is 0 Å². The van der Waals surface area contributed by atoms with Crippen LogP contribution in [0.15, 0.2) is 54.7 Å². The number of unbranched alkanes of at least 4 members (excludes halogenated alkanes) is 3. The van der Waals surface area contributed by atoms with Gasteiger partial charge in [-0.1, -0.05) is 45.2 Å². The molecule has 1 aromatic heterocycles. The van der Waals surface area contributed by atoms with Gasteiger partial charge in [0.15, 0.2) is 0 Å². The summed E-state index contributed by atoms with van der Waals surface area (Å²) in [5.41, 5.74) is 1.26. The molecule has 0 atom stereocenters. The minimum absolute atomic E-state index is 0.0605. The highest BCUT2D eigenvalue weighted by molar-refractivity contribution is 5.63. The third-order valence-corrected chi connectivity index (χ3v) is 5.07. The predicted octanol–water partition coefficient (Wildman–Crippen LogP) is 7.50. The Hall–Kier alpha value is -3.29. The second-order valence-corrected chi connectivity index (χ2v) is 7.69. The monoisotopic (exact) mass is 458 g/mol. The molecule has 1 heterocycles. The van der Waals surface area contributed by atoms with Crippen LogP contribution >= 0.6 is 0 Å². The third kappa shape index (κ3) is 7.37. The van der Waals surface area contributed by atoms with Crippen molar-refractivity contribution >= 4 is 23.1 Å². The lowest BCUT2D eigenvalue weighted by Gasteiger charge is -2.15. The Labute approximate surface area is 192 Å². The Morgan fingerprint density at radius 3 is 2.39 bits per heavy atom. The molecule has 0 saturated carbocycles. The quantitative estimate of drug-likeness (QED) is 0.291. The summed E-state index contributed by atoms with van der Waals surface area (Å²) in [5.74, 6) is 0.495. The van der Waals surface area contributed by atoms with Crippen LogP contribution in [0.25, 0.3) is 0 Å². The largest absolute Gasteiger partial charge is 0.494 e. The maximum Gasteiger partial charge on any atom is 0.421 e. The molecule has 0 bridgehead atoms. The molecule has 8 heteroatoms. The van der Waals surface area contributed by atoms with E-state index in [1.54, 1.807) is 30.3 Å². The number of alkyl halides is 3. The van der Waals surface area contributed by atoms with E-state index in [1.165, 1.54) is 12.8 Å². The van der Waals surface area contributed by atoms with E-state index in [0.29, 0.717) is 18.0 Å². The molecule has 0 unspecified atom stereocenters. The van der Waals surface area contributed by atoms with Gasteiger partial charge >= 0.3 is 6.18 Å². The van der Waals surface area contributed by atoms with Crippen molar-refractivity contribution < 1.29 is 17.9 Å². The van der Waals surface area contributed by atoms with Gasteiger partial charge in [0, 0.05) is 17.6 Å². The second-order valence-electron chi connectivity index (χ2n) is 7.69. The van der Waals surface area contributed by atoms with Crippen LogP contribution in [0.5, 0.6) is 5.75 Å². The molecule has 0 radical (unpaired) electrons. The number of ether oxygens (including phenoxy) is 1. The SMILES string of the molecule is CCCCCCOc1ccc(Nc2ncc(C(F)(F)F)c(Nc3cccc(CC)c3)n2)cc1. The average Bonchev–Trinajstić information content (AvgIpc) is 2.79. The van der Waals surface area contributed by atoms with Gasteiger partial charge in [0.25, 0.3) is 0 Å². The number of rotatable bonds is 11. The summed E-state index contributed by atoms with van der Waals surface area (Å²) < 4.78 is 46.3. The van der Waals surface area contributed by atoms with Gasteiger partial charge < -0.3 is 15.4 Å². The molecule has 0 spiro atoms. The van der Waals surface area contributed by atoms with Crippen molar-refractivity contribution in [2.75, 3.05) is 17.2 Å². The first-order valence-corrected chi connectivity index (χ1v) is 11.2. The molecule has 0 saturated heterocycles. The van der Waals surface area contributed by atoms with Gasteiger partial charge in [-0.05, 0) is 54.8 Å².